The zero-order chi connectivity index (χ0) is 21.1. The number of hydrogen-bond acceptors (Lipinski definition) is 5. The van der Waals surface area contributed by atoms with E-state index in [1.807, 2.05) is 12.1 Å². The number of primary amides is 1. The minimum absolute atomic E-state index is 0.153. The summed E-state index contributed by atoms with van der Waals surface area (Å²) in [5.74, 6) is -0.985. The molecule has 0 unspecified atom stereocenters. The van der Waals surface area contributed by atoms with Gasteiger partial charge in [-0.15, -0.1) is 0 Å². The molecule has 0 atom stereocenters. The first-order valence-corrected chi connectivity index (χ1v) is 9.74. The van der Waals surface area contributed by atoms with Gasteiger partial charge in [0.25, 0.3) is 5.91 Å². The van der Waals surface area contributed by atoms with E-state index in [9.17, 15) is 9.18 Å². The van der Waals surface area contributed by atoms with Gasteiger partial charge < -0.3 is 21.1 Å². The third-order valence-corrected chi connectivity index (χ3v) is 5.25. The number of rotatable bonds is 6. The molecule has 1 aromatic heterocycles. The molecule has 0 radical (unpaired) electrons. The Balaban J connectivity index is 1.68. The summed E-state index contributed by atoms with van der Waals surface area (Å²) in [4.78, 5) is 16.0. The van der Waals surface area contributed by atoms with Gasteiger partial charge in [0.15, 0.2) is 0 Å². The largest absolute Gasteiger partial charge is 0.481 e. The number of carbonyl (C=O) groups excluding carboxylic acids is 1. The van der Waals surface area contributed by atoms with Crippen LogP contribution in [0, 0.1) is 5.82 Å². The molecule has 30 heavy (non-hydrogen) atoms. The van der Waals surface area contributed by atoms with Crippen molar-refractivity contribution >= 4 is 11.6 Å². The van der Waals surface area contributed by atoms with Crippen LogP contribution < -0.4 is 21.1 Å². The van der Waals surface area contributed by atoms with E-state index in [1.165, 1.54) is 24.3 Å². The van der Waals surface area contributed by atoms with Crippen molar-refractivity contribution in [3.8, 4) is 17.0 Å². The van der Waals surface area contributed by atoms with Gasteiger partial charge in [-0.25, -0.2) is 9.37 Å². The minimum Gasteiger partial charge on any atom is -0.481 e. The Hall–Kier alpha value is -3.45. The van der Waals surface area contributed by atoms with Crippen LogP contribution in [0.15, 0.2) is 48.7 Å². The number of hydrogen-bond donors (Lipinski definition) is 3. The molecule has 7 heteroatoms. The van der Waals surface area contributed by atoms with Crippen LogP contribution in [0.3, 0.4) is 0 Å². The summed E-state index contributed by atoms with van der Waals surface area (Å²) in [6.07, 6.45) is 2.61. The van der Waals surface area contributed by atoms with Crippen LogP contribution in [0.25, 0.3) is 11.1 Å². The van der Waals surface area contributed by atoms with E-state index in [0.717, 1.165) is 30.6 Å². The van der Waals surface area contributed by atoms with Gasteiger partial charge in [0.1, 0.15) is 5.82 Å². The molecule has 2 heterocycles. The summed E-state index contributed by atoms with van der Waals surface area (Å²) < 4.78 is 20.0. The fourth-order valence-electron chi connectivity index (χ4n) is 3.69. The molecule has 1 aliphatic heterocycles. The number of pyridine rings is 1. The molecule has 4 rings (SSSR count). The molecule has 0 bridgehead atoms. The highest BCUT2D eigenvalue weighted by Crippen LogP contribution is 2.30. The Kier molecular flexibility index (Phi) is 5.63. The molecule has 154 valence electrons. The lowest BCUT2D eigenvalue weighted by atomic mass is 9.94. The Morgan fingerprint density at radius 1 is 1.20 bits per heavy atom. The van der Waals surface area contributed by atoms with Gasteiger partial charge in [-0.1, -0.05) is 12.1 Å². The van der Waals surface area contributed by atoms with E-state index in [2.05, 4.69) is 27.8 Å². The molecule has 0 spiro atoms. The van der Waals surface area contributed by atoms with Crippen molar-refractivity contribution in [3.05, 3.63) is 76.7 Å². The second-order valence-corrected chi connectivity index (χ2v) is 7.22. The number of nitrogens with one attached hydrogen (secondary N) is 2. The number of amides is 1. The number of halogens is 1. The van der Waals surface area contributed by atoms with Crippen molar-refractivity contribution in [2.24, 2.45) is 5.73 Å². The molecular weight excluding hydrogens is 383 g/mol. The van der Waals surface area contributed by atoms with Crippen LogP contribution in [0.2, 0.25) is 0 Å². The maximum atomic E-state index is 14.8. The number of nitrogens with two attached hydrogens (primary N) is 1. The fourth-order valence-corrected chi connectivity index (χ4v) is 3.69. The van der Waals surface area contributed by atoms with Crippen LogP contribution in [0.4, 0.5) is 10.1 Å². The Bertz CT molecular complexity index is 1100. The molecule has 3 aromatic rings. The number of anilines is 1. The first-order chi connectivity index (χ1) is 14.5. The molecule has 0 aliphatic carbocycles. The topological polar surface area (TPSA) is 89.3 Å². The molecule has 2 aromatic carbocycles. The van der Waals surface area contributed by atoms with Gasteiger partial charge >= 0.3 is 0 Å². The van der Waals surface area contributed by atoms with E-state index in [0.29, 0.717) is 23.7 Å². The number of aromatic nitrogens is 1. The van der Waals surface area contributed by atoms with Gasteiger partial charge in [0, 0.05) is 25.4 Å². The van der Waals surface area contributed by atoms with Gasteiger partial charge in [0.05, 0.1) is 18.4 Å². The standard InChI is InChI=1S/C23H23FN4O2/c1-30-21-8-14(4-7-27-21)12-28-20-11-17(10-19(24)22(20)23(25)29)16-3-2-15-5-6-26-13-18(15)9-16/h2-4,7-11,26,28H,5-6,12-13H2,1H3,(H2,25,29). The van der Waals surface area contributed by atoms with Gasteiger partial charge in [-0.05, 0) is 65.0 Å². The summed E-state index contributed by atoms with van der Waals surface area (Å²) in [6.45, 7) is 2.11. The lowest BCUT2D eigenvalue weighted by Crippen LogP contribution is -2.23. The maximum absolute atomic E-state index is 14.8. The predicted octanol–water partition coefficient (Wildman–Crippen LogP) is 3.25. The summed E-state index contributed by atoms with van der Waals surface area (Å²) in [5, 5.41) is 6.49. The predicted molar refractivity (Wildman–Crippen MR) is 114 cm³/mol. The second kappa shape index (κ2) is 8.51. The summed E-state index contributed by atoms with van der Waals surface area (Å²) >= 11 is 0. The lowest BCUT2D eigenvalue weighted by Gasteiger charge is -2.19. The Morgan fingerprint density at radius 3 is 2.87 bits per heavy atom. The molecule has 1 aliphatic rings. The molecule has 0 saturated heterocycles. The van der Waals surface area contributed by atoms with Crippen LogP contribution in [-0.2, 0) is 19.5 Å². The highest BCUT2D eigenvalue weighted by Gasteiger charge is 2.18. The Morgan fingerprint density at radius 2 is 2.07 bits per heavy atom. The average Bonchev–Trinajstić information content (AvgIpc) is 2.76. The number of fused-ring (bicyclic) bond motifs is 1. The second-order valence-electron chi connectivity index (χ2n) is 7.22. The van der Waals surface area contributed by atoms with E-state index in [-0.39, 0.29) is 5.56 Å². The van der Waals surface area contributed by atoms with Crippen molar-refractivity contribution in [2.45, 2.75) is 19.5 Å². The quantitative estimate of drug-likeness (QED) is 0.585. The first-order valence-electron chi connectivity index (χ1n) is 9.74. The van der Waals surface area contributed by atoms with Crippen molar-refractivity contribution in [3.63, 3.8) is 0 Å². The number of ether oxygens (including phenoxy) is 1. The lowest BCUT2D eigenvalue weighted by molar-refractivity contribution is 0.0997. The number of nitrogens with zero attached hydrogens (tertiary/aromatic N) is 1. The SMILES string of the molecule is COc1cc(CNc2cc(-c3ccc4c(c3)CNCC4)cc(F)c2C(N)=O)ccn1. The van der Waals surface area contributed by atoms with Crippen LogP contribution in [0.5, 0.6) is 5.88 Å². The molecule has 6 nitrogen and oxygen atoms in total. The van der Waals surface area contributed by atoms with E-state index >= 15 is 0 Å². The summed E-state index contributed by atoms with van der Waals surface area (Å²) in [6, 6.07) is 12.8. The van der Waals surface area contributed by atoms with Crippen molar-refractivity contribution in [1.82, 2.24) is 10.3 Å². The highest BCUT2D eigenvalue weighted by atomic mass is 19.1. The minimum atomic E-state index is -0.816. The van der Waals surface area contributed by atoms with E-state index in [4.69, 9.17) is 10.5 Å². The van der Waals surface area contributed by atoms with Crippen molar-refractivity contribution in [1.29, 1.82) is 0 Å². The maximum Gasteiger partial charge on any atom is 0.253 e. The number of carbonyl (C=O) groups is 1. The van der Waals surface area contributed by atoms with Crippen LogP contribution >= 0.6 is 0 Å². The highest BCUT2D eigenvalue weighted by molar-refractivity contribution is 5.99. The van der Waals surface area contributed by atoms with Crippen molar-refractivity contribution in [2.75, 3.05) is 19.0 Å². The summed E-state index contributed by atoms with van der Waals surface area (Å²) in [7, 11) is 1.54. The zero-order valence-corrected chi connectivity index (χ0v) is 16.7. The molecule has 1 amide bonds. The van der Waals surface area contributed by atoms with Gasteiger partial charge in [-0.2, -0.15) is 0 Å². The van der Waals surface area contributed by atoms with E-state index in [1.54, 1.807) is 18.3 Å². The molecule has 4 N–H and O–H groups in total. The zero-order valence-electron chi connectivity index (χ0n) is 16.7. The monoisotopic (exact) mass is 406 g/mol. The van der Waals surface area contributed by atoms with Gasteiger partial charge in [0.2, 0.25) is 5.88 Å². The van der Waals surface area contributed by atoms with Crippen molar-refractivity contribution < 1.29 is 13.9 Å². The molecule has 0 saturated carbocycles. The first kappa shape index (κ1) is 19.8. The normalized spacial score (nSPS) is 12.9. The summed E-state index contributed by atoms with van der Waals surface area (Å²) in [5.41, 5.74) is 10.6. The fraction of sp³-hybridized carbons (Fsp3) is 0.217. The van der Waals surface area contributed by atoms with Crippen LogP contribution in [0.1, 0.15) is 27.0 Å². The molecular formula is C23H23FN4O2. The molecule has 0 fully saturated rings. The van der Waals surface area contributed by atoms with E-state index < -0.39 is 11.7 Å². The number of methoxy groups -OCH3 is 1. The third-order valence-electron chi connectivity index (χ3n) is 5.25. The average molecular weight is 406 g/mol. The number of benzene rings is 2. The van der Waals surface area contributed by atoms with Gasteiger partial charge in [-0.3, -0.25) is 4.79 Å². The smallest absolute Gasteiger partial charge is 0.253 e. The Labute approximate surface area is 174 Å². The van der Waals surface area contributed by atoms with Crippen LogP contribution in [-0.4, -0.2) is 24.5 Å². The third kappa shape index (κ3) is 4.11.